The first-order valence-electron chi connectivity index (χ1n) is 22.8. The van der Waals surface area contributed by atoms with Crippen LogP contribution in [0.1, 0.15) is 42.7 Å². The maximum Gasteiger partial charge on any atom is 0.200 e. The van der Waals surface area contributed by atoms with Crippen LogP contribution in [-0.4, -0.2) is 77.1 Å². The fourth-order valence-corrected chi connectivity index (χ4v) is 7.41. The largest absolute Gasteiger partial charge is 0.504 e. The minimum atomic E-state index is -0.822. The van der Waals surface area contributed by atoms with Crippen molar-refractivity contribution in [3.05, 3.63) is 233 Å². The number of aromatic hydroxyl groups is 3. The molecule has 8 aromatic carbocycles. The Bertz CT molecular complexity index is 3230. The first-order chi connectivity index (χ1) is 37.7. The molecule has 1 unspecified atom stereocenters. The number of halogens is 9. The van der Waals surface area contributed by atoms with Gasteiger partial charge in [0, 0.05) is 58.8 Å². The van der Waals surface area contributed by atoms with Crippen LogP contribution in [0.4, 0.5) is 17.6 Å². The summed E-state index contributed by atoms with van der Waals surface area (Å²) < 4.78 is 80.0. The Balaban J connectivity index is 0.000000218. The van der Waals surface area contributed by atoms with Crippen molar-refractivity contribution in [1.29, 1.82) is 0 Å². The van der Waals surface area contributed by atoms with Gasteiger partial charge in [-0.15, -0.1) is 0 Å². The maximum atomic E-state index is 13.0. The van der Waals surface area contributed by atoms with Gasteiger partial charge < -0.3 is 44.1 Å². The molecule has 0 aromatic heterocycles. The number of hydrogen-bond donors (Lipinski definition) is 4. The van der Waals surface area contributed by atoms with Crippen molar-refractivity contribution < 1.29 is 76.1 Å². The number of phenolic OH excluding ortho intramolecular Hbond substituents is 3. The molecule has 8 rings (SSSR count). The molecule has 0 aliphatic heterocycles. The molecule has 0 aliphatic rings. The zero-order valence-corrected chi connectivity index (χ0v) is 49.5. The van der Waals surface area contributed by atoms with Crippen molar-refractivity contribution in [2.75, 3.05) is 39.4 Å². The lowest BCUT2D eigenvalue weighted by Gasteiger charge is -2.13. The molecule has 12 nitrogen and oxygen atoms in total. The number of aliphatic hydroxyl groups is 1. The Hall–Kier alpha value is -6.75. The number of hydrogen-bond acceptors (Lipinski definition) is 12. The van der Waals surface area contributed by atoms with E-state index in [1.165, 1.54) is 56.7 Å². The van der Waals surface area contributed by atoms with Crippen molar-refractivity contribution in [1.82, 2.24) is 0 Å². The molecule has 4 N–H and O–H groups in total. The van der Waals surface area contributed by atoms with E-state index < -0.39 is 29.4 Å². The fourth-order valence-electron chi connectivity index (χ4n) is 6.02. The third-order valence-electron chi connectivity index (χ3n) is 10.1. The van der Waals surface area contributed by atoms with E-state index >= 15 is 0 Å². The average Bonchev–Trinajstić information content (AvgIpc) is 3.44. The highest BCUT2D eigenvalue weighted by Gasteiger charge is 2.14. The summed E-state index contributed by atoms with van der Waals surface area (Å²) in [6.07, 6.45) is -0.822. The number of phenols is 3. The Morgan fingerprint density at radius 2 is 0.759 bits per heavy atom. The summed E-state index contributed by atoms with van der Waals surface area (Å²) >= 11 is 16.3. The predicted molar refractivity (Wildman–Crippen MR) is 308 cm³/mol. The molecule has 0 aliphatic carbocycles. The second kappa shape index (κ2) is 33.6. The molecule has 414 valence electrons. The van der Waals surface area contributed by atoms with Crippen LogP contribution in [-0.2, 0) is 0 Å². The fraction of sp³-hybridized carbons (Fsp3) is 0.121. The zero-order chi connectivity index (χ0) is 58.0. The molecule has 0 fully saturated rings. The van der Waals surface area contributed by atoms with Crippen molar-refractivity contribution in [2.24, 2.45) is 0 Å². The van der Waals surface area contributed by atoms with E-state index in [0.29, 0.717) is 27.8 Å². The number of Topliss-reactive ketones (excluding diaryl/α,β-unsaturated/α-hetero) is 3. The quantitative estimate of drug-likeness (QED) is 0.0409. The number of carbonyl (C=O) groups excluding carboxylic acids is 3. The van der Waals surface area contributed by atoms with Gasteiger partial charge in [-0.3, -0.25) is 14.4 Å². The number of ether oxygens (including phenoxy) is 5. The molecule has 0 radical (unpaired) electrons. The van der Waals surface area contributed by atoms with Crippen LogP contribution >= 0.6 is 79.6 Å². The molecule has 0 saturated carbocycles. The smallest absolute Gasteiger partial charge is 0.200 e. The van der Waals surface area contributed by atoms with E-state index in [-0.39, 0.29) is 77.4 Å². The molecule has 79 heavy (non-hydrogen) atoms. The third-order valence-corrected chi connectivity index (χ3v) is 12.7. The van der Waals surface area contributed by atoms with Gasteiger partial charge in [0.2, 0.25) is 0 Å². The highest BCUT2D eigenvalue weighted by molar-refractivity contribution is 9.11. The lowest BCUT2D eigenvalue weighted by Crippen LogP contribution is -2.12. The van der Waals surface area contributed by atoms with E-state index in [1.807, 2.05) is 24.3 Å². The molecule has 0 amide bonds. The first-order valence-corrected chi connectivity index (χ1v) is 27.1. The summed E-state index contributed by atoms with van der Waals surface area (Å²) in [5.74, 6) is -1.95. The summed E-state index contributed by atoms with van der Waals surface area (Å²) in [4.78, 5) is 34.8. The number of aliphatic hydroxyl groups excluding tert-OH is 1. The standard InChI is InChI=1S/C15H12BrFO3.C14H12BrFO3.C14H10BrFO3.C8H6Br2O.C7H7FO2/c1-19-15-8-12(17)6-7-14(15)20-9-13(18)10-2-4-11(16)5-3-10;2*15-10-3-1-9(2-4-10)13(18)8-19-14-6-5-11(16)7-12(14)17;9-5-8(11)6-1-3-7(10)4-2-6;1-10-7-4-5(8)2-3-6(7)9/h2-8H,9H2,1H3;1-7,13,17-18H,8H2;1-7,17H,8H2;1-4H,5H2;2-4,9H,1H3. The minimum absolute atomic E-state index is 0.0270. The number of alkyl halides is 1. The van der Waals surface area contributed by atoms with Crippen LogP contribution in [0.5, 0.6) is 46.0 Å². The molecular weight excluding hydrogens is 1360 g/mol. The normalized spacial score (nSPS) is 10.5. The highest BCUT2D eigenvalue weighted by Crippen LogP contribution is 2.30. The van der Waals surface area contributed by atoms with Crippen LogP contribution < -0.4 is 23.7 Å². The molecule has 8 aromatic rings. The topological polar surface area (TPSA) is 178 Å². The van der Waals surface area contributed by atoms with Crippen LogP contribution in [0.25, 0.3) is 0 Å². The summed E-state index contributed by atoms with van der Waals surface area (Å²) in [7, 11) is 2.78. The second-order valence-electron chi connectivity index (χ2n) is 15.7. The molecule has 0 saturated heterocycles. The van der Waals surface area contributed by atoms with E-state index in [9.17, 15) is 47.3 Å². The summed E-state index contributed by atoms with van der Waals surface area (Å²) in [6.45, 7) is -0.384. The Kier molecular flexibility index (Phi) is 27.6. The van der Waals surface area contributed by atoms with Gasteiger partial charge in [-0.2, -0.15) is 0 Å². The van der Waals surface area contributed by atoms with Gasteiger partial charge in [-0.1, -0.05) is 128 Å². The summed E-state index contributed by atoms with van der Waals surface area (Å²) in [6, 6.07) is 42.5. The molecule has 0 bridgehead atoms. The molecule has 0 heterocycles. The van der Waals surface area contributed by atoms with Crippen molar-refractivity contribution in [3.63, 3.8) is 0 Å². The first kappa shape index (κ1) is 64.8. The summed E-state index contributed by atoms with van der Waals surface area (Å²) in [5.41, 5.74) is 2.49. The lowest BCUT2D eigenvalue weighted by atomic mass is 10.1. The van der Waals surface area contributed by atoms with E-state index in [0.717, 1.165) is 53.8 Å². The monoisotopic (exact) mass is 1410 g/mol. The van der Waals surface area contributed by atoms with Gasteiger partial charge in [0.1, 0.15) is 36.0 Å². The zero-order valence-electron chi connectivity index (χ0n) is 41.5. The van der Waals surface area contributed by atoms with Crippen molar-refractivity contribution in [3.8, 4) is 46.0 Å². The molecule has 21 heteroatoms. The SMILES string of the molecule is COc1cc(F)ccc1O.COc1cc(F)ccc1OCC(=O)c1ccc(Br)cc1.O=C(CBr)c1ccc(Br)cc1.O=C(COc1ccc(F)cc1O)c1ccc(Br)cc1.Oc1cc(F)ccc1OCC(O)c1ccc(Br)cc1. The van der Waals surface area contributed by atoms with Crippen LogP contribution in [0, 0.1) is 23.3 Å². The van der Waals surface area contributed by atoms with Crippen LogP contribution in [0.15, 0.2) is 188 Å². The van der Waals surface area contributed by atoms with Gasteiger partial charge in [-0.05, 0) is 103 Å². The highest BCUT2D eigenvalue weighted by atomic mass is 79.9. The van der Waals surface area contributed by atoms with Crippen molar-refractivity contribution >= 4 is 97.0 Å². The van der Waals surface area contributed by atoms with Crippen molar-refractivity contribution in [2.45, 2.75) is 6.10 Å². The minimum Gasteiger partial charge on any atom is -0.504 e. The summed E-state index contributed by atoms with van der Waals surface area (Å²) in [5, 5.41) is 38.1. The number of ketones is 3. The van der Waals surface area contributed by atoms with E-state index in [2.05, 4.69) is 84.4 Å². The molecular formula is C58H47Br5F4O12. The predicted octanol–water partition coefficient (Wildman–Crippen LogP) is 15.4. The van der Waals surface area contributed by atoms with Gasteiger partial charge >= 0.3 is 0 Å². The number of methoxy groups -OCH3 is 2. The number of rotatable bonds is 16. The van der Waals surface area contributed by atoms with E-state index in [1.54, 1.807) is 72.8 Å². The van der Waals surface area contributed by atoms with E-state index in [4.69, 9.17) is 24.1 Å². The third kappa shape index (κ3) is 22.9. The second-order valence-corrected chi connectivity index (χ2v) is 19.9. The van der Waals surface area contributed by atoms with Crippen LogP contribution in [0.3, 0.4) is 0 Å². The van der Waals surface area contributed by atoms with Gasteiger partial charge in [0.25, 0.3) is 0 Å². The lowest BCUT2D eigenvalue weighted by molar-refractivity contribution is 0.0912. The molecule has 0 spiro atoms. The van der Waals surface area contributed by atoms with Crippen LogP contribution in [0.2, 0.25) is 0 Å². The Morgan fingerprint density at radius 1 is 0.418 bits per heavy atom. The number of benzene rings is 8. The average molecular weight is 1410 g/mol. The van der Waals surface area contributed by atoms with Gasteiger partial charge in [0.05, 0.1) is 19.5 Å². The Morgan fingerprint density at radius 3 is 1.15 bits per heavy atom. The van der Waals surface area contributed by atoms with Gasteiger partial charge in [-0.25, -0.2) is 17.6 Å². The Labute approximate surface area is 494 Å². The molecule has 1 atom stereocenters. The maximum absolute atomic E-state index is 13.0. The number of carbonyl (C=O) groups is 3. The van der Waals surface area contributed by atoms with Gasteiger partial charge in [0.15, 0.2) is 76.6 Å².